The van der Waals surface area contributed by atoms with Crippen molar-refractivity contribution in [1.82, 2.24) is 10.2 Å². The van der Waals surface area contributed by atoms with Crippen molar-refractivity contribution in [3.05, 3.63) is 0 Å². The number of rotatable bonds is 3. The van der Waals surface area contributed by atoms with Gasteiger partial charge in [0.1, 0.15) is 5.54 Å². The molecule has 1 aliphatic heterocycles. The van der Waals surface area contributed by atoms with Crippen molar-refractivity contribution < 1.29 is 9.59 Å². The molecule has 0 radical (unpaired) electrons. The van der Waals surface area contributed by atoms with Gasteiger partial charge in [0, 0.05) is 6.54 Å². The number of nitrogens with two attached hydrogens (primary N) is 1. The topological polar surface area (TPSA) is 75.4 Å². The molecule has 0 aliphatic carbocycles. The van der Waals surface area contributed by atoms with Gasteiger partial charge in [-0.2, -0.15) is 0 Å². The van der Waals surface area contributed by atoms with Crippen LogP contribution in [0, 0.1) is 0 Å². The minimum absolute atomic E-state index is 0.0451. The zero-order valence-electron chi connectivity index (χ0n) is 8.83. The van der Waals surface area contributed by atoms with Crippen LogP contribution in [0.2, 0.25) is 0 Å². The lowest BCUT2D eigenvalue weighted by molar-refractivity contribution is -0.141. The van der Waals surface area contributed by atoms with Gasteiger partial charge in [-0.1, -0.05) is 0 Å². The van der Waals surface area contributed by atoms with Gasteiger partial charge in [-0.05, 0) is 27.3 Å². The van der Waals surface area contributed by atoms with E-state index in [2.05, 4.69) is 5.32 Å². The van der Waals surface area contributed by atoms with Crippen LogP contribution in [0.15, 0.2) is 0 Å². The molecule has 2 amide bonds. The summed E-state index contributed by atoms with van der Waals surface area (Å²) in [5.41, 5.74) is 4.36. The Bertz CT molecular complexity index is 263. The van der Waals surface area contributed by atoms with Crippen LogP contribution < -0.4 is 11.1 Å². The SMILES string of the molecule is CNC1CCN(C(C)(C)C(N)=O)C1=O. The van der Waals surface area contributed by atoms with E-state index in [1.165, 1.54) is 4.90 Å². The van der Waals surface area contributed by atoms with E-state index in [1.807, 2.05) is 0 Å². The Hall–Kier alpha value is -1.10. The standard InChI is InChI=1S/C9H17N3O2/c1-9(2,8(10)14)12-5-4-6(11-3)7(12)13/h6,11H,4-5H2,1-3H3,(H2,10,14). The summed E-state index contributed by atoms with van der Waals surface area (Å²) in [5.74, 6) is -0.515. The first-order valence-corrected chi connectivity index (χ1v) is 4.70. The van der Waals surface area contributed by atoms with Crippen LogP contribution in [0.1, 0.15) is 20.3 Å². The van der Waals surface area contributed by atoms with Gasteiger partial charge in [-0.3, -0.25) is 9.59 Å². The highest BCUT2D eigenvalue weighted by Gasteiger charge is 2.42. The van der Waals surface area contributed by atoms with E-state index in [4.69, 9.17) is 5.73 Å². The predicted octanol–water partition coefficient (Wildman–Crippen LogP) is -0.929. The molecule has 0 bridgehead atoms. The first-order valence-electron chi connectivity index (χ1n) is 4.70. The maximum absolute atomic E-state index is 11.7. The largest absolute Gasteiger partial charge is 0.368 e. The Kier molecular flexibility index (Phi) is 2.80. The van der Waals surface area contributed by atoms with Crippen molar-refractivity contribution in [3.63, 3.8) is 0 Å². The fourth-order valence-corrected chi connectivity index (χ4v) is 1.64. The van der Waals surface area contributed by atoms with Crippen molar-refractivity contribution in [3.8, 4) is 0 Å². The van der Waals surface area contributed by atoms with Crippen molar-refractivity contribution in [1.29, 1.82) is 0 Å². The van der Waals surface area contributed by atoms with Crippen LogP contribution in [0.5, 0.6) is 0 Å². The Morgan fingerprint density at radius 2 is 2.21 bits per heavy atom. The fourth-order valence-electron chi connectivity index (χ4n) is 1.64. The van der Waals surface area contributed by atoms with E-state index in [0.29, 0.717) is 6.54 Å². The molecule has 1 heterocycles. The third-order valence-electron chi connectivity index (χ3n) is 2.83. The molecular formula is C9H17N3O2. The van der Waals surface area contributed by atoms with Gasteiger partial charge in [0.15, 0.2) is 0 Å². The Morgan fingerprint density at radius 1 is 1.64 bits per heavy atom. The lowest BCUT2D eigenvalue weighted by Crippen LogP contribution is -2.55. The molecule has 5 heteroatoms. The zero-order chi connectivity index (χ0) is 10.9. The second-order valence-corrected chi connectivity index (χ2v) is 4.04. The summed E-state index contributed by atoms with van der Waals surface area (Å²) in [4.78, 5) is 24.4. The van der Waals surface area contributed by atoms with Gasteiger partial charge < -0.3 is 16.0 Å². The number of amides is 2. The number of hydrogen-bond acceptors (Lipinski definition) is 3. The van der Waals surface area contributed by atoms with Crippen LogP contribution >= 0.6 is 0 Å². The number of carbonyl (C=O) groups excluding carboxylic acids is 2. The molecule has 1 atom stereocenters. The molecule has 1 rings (SSSR count). The number of hydrogen-bond donors (Lipinski definition) is 2. The highest BCUT2D eigenvalue weighted by molar-refractivity contribution is 5.92. The van der Waals surface area contributed by atoms with Crippen LogP contribution in [0.25, 0.3) is 0 Å². The number of likely N-dealkylation sites (N-methyl/N-ethyl adjacent to an activating group) is 1. The molecule has 1 unspecified atom stereocenters. The zero-order valence-corrected chi connectivity index (χ0v) is 8.83. The van der Waals surface area contributed by atoms with Crippen molar-refractivity contribution in [2.45, 2.75) is 31.8 Å². The number of nitrogens with one attached hydrogen (secondary N) is 1. The Labute approximate surface area is 83.6 Å². The van der Waals surface area contributed by atoms with Gasteiger partial charge in [-0.15, -0.1) is 0 Å². The molecule has 1 fully saturated rings. The predicted molar refractivity (Wildman–Crippen MR) is 52.5 cm³/mol. The lowest BCUT2D eigenvalue weighted by Gasteiger charge is -2.32. The molecule has 14 heavy (non-hydrogen) atoms. The van der Waals surface area contributed by atoms with E-state index < -0.39 is 11.4 Å². The maximum Gasteiger partial charge on any atom is 0.242 e. The normalized spacial score (nSPS) is 22.9. The van der Waals surface area contributed by atoms with Gasteiger partial charge in [0.25, 0.3) is 0 Å². The molecule has 0 aromatic rings. The smallest absolute Gasteiger partial charge is 0.242 e. The number of nitrogens with zero attached hydrogens (tertiary/aromatic N) is 1. The first kappa shape index (κ1) is 11.0. The van der Waals surface area contributed by atoms with Crippen molar-refractivity contribution in [2.24, 2.45) is 5.73 Å². The summed E-state index contributed by atoms with van der Waals surface area (Å²) in [6.07, 6.45) is 0.728. The van der Waals surface area contributed by atoms with Crippen molar-refractivity contribution in [2.75, 3.05) is 13.6 Å². The minimum Gasteiger partial charge on any atom is -0.368 e. The monoisotopic (exact) mass is 199 g/mol. The van der Waals surface area contributed by atoms with Crippen LogP contribution in [0.4, 0.5) is 0 Å². The highest BCUT2D eigenvalue weighted by atomic mass is 16.2. The first-order chi connectivity index (χ1) is 6.41. The van der Waals surface area contributed by atoms with Crippen LogP contribution in [0.3, 0.4) is 0 Å². The summed E-state index contributed by atoms with van der Waals surface area (Å²) in [5, 5.41) is 2.91. The summed E-state index contributed by atoms with van der Waals surface area (Å²) in [6, 6.07) is -0.173. The molecule has 0 spiro atoms. The van der Waals surface area contributed by atoms with Gasteiger partial charge in [0.2, 0.25) is 11.8 Å². The molecule has 5 nitrogen and oxygen atoms in total. The lowest BCUT2D eigenvalue weighted by atomic mass is 10.0. The van der Waals surface area contributed by atoms with Gasteiger partial charge in [-0.25, -0.2) is 0 Å². The number of primary amides is 1. The van der Waals surface area contributed by atoms with E-state index in [1.54, 1.807) is 20.9 Å². The molecule has 0 aromatic heterocycles. The summed E-state index contributed by atoms with van der Waals surface area (Å²) >= 11 is 0. The van der Waals surface area contributed by atoms with E-state index in [-0.39, 0.29) is 11.9 Å². The third-order valence-corrected chi connectivity index (χ3v) is 2.83. The molecule has 80 valence electrons. The second kappa shape index (κ2) is 3.57. The van der Waals surface area contributed by atoms with Gasteiger partial charge in [0.05, 0.1) is 6.04 Å². The van der Waals surface area contributed by atoms with E-state index in [9.17, 15) is 9.59 Å². The third kappa shape index (κ3) is 1.59. The molecule has 3 N–H and O–H groups in total. The van der Waals surface area contributed by atoms with Crippen molar-refractivity contribution >= 4 is 11.8 Å². The van der Waals surface area contributed by atoms with E-state index in [0.717, 1.165) is 6.42 Å². The Morgan fingerprint density at radius 3 is 2.57 bits per heavy atom. The van der Waals surface area contributed by atoms with Crippen LogP contribution in [-0.4, -0.2) is 41.9 Å². The molecular weight excluding hydrogens is 182 g/mol. The van der Waals surface area contributed by atoms with E-state index >= 15 is 0 Å². The maximum atomic E-state index is 11.7. The minimum atomic E-state index is -0.886. The molecule has 1 aliphatic rings. The Balaban J connectivity index is 2.82. The molecule has 0 saturated carbocycles. The summed E-state index contributed by atoms with van der Waals surface area (Å²) in [6.45, 7) is 3.93. The number of carbonyl (C=O) groups is 2. The highest BCUT2D eigenvalue weighted by Crippen LogP contribution is 2.21. The second-order valence-electron chi connectivity index (χ2n) is 4.04. The quantitative estimate of drug-likeness (QED) is 0.616. The molecule has 1 saturated heterocycles. The summed E-state index contributed by atoms with van der Waals surface area (Å²) in [7, 11) is 1.74. The van der Waals surface area contributed by atoms with Gasteiger partial charge >= 0.3 is 0 Å². The average molecular weight is 199 g/mol. The molecule has 0 aromatic carbocycles. The van der Waals surface area contributed by atoms with Crippen LogP contribution in [-0.2, 0) is 9.59 Å². The fraction of sp³-hybridized carbons (Fsp3) is 0.778. The summed E-state index contributed by atoms with van der Waals surface area (Å²) < 4.78 is 0. The number of likely N-dealkylation sites (tertiary alicyclic amines) is 1. The average Bonchev–Trinajstić information content (AvgIpc) is 2.46.